The lowest BCUT2D eigenvalue weighted by molar-refractivity contribution is -0.139. The molecule has 5 nitrogen and oxygen atoms in total. The van der Waals surface area contributed by atoms with E-state index < -0.39 is 17.7 Å². The van der Waals surface area contributed by atoms with Gasteiger partial charge in [-0.05, 0) is 44.1 Å². The van der Waals surface area contributed by atoms with Crippen molar-refractivity contribution in [1.29, 1.82) is 0 Å². The maximum Gasteiger partial charge on any atom is 0.295 e. The lowest BCUT2D eigenvalue weighted by Gasteiger charge is -2.26. The molecule has 158 valence electrons. The smallest absolute Gasteiger partial charge is 0.295 e. The molecule has 0 radical (unpaired) electrons. The van der Waals surface area contributed by atoms with Crippen LogP contribution in [0.25, 0.3) is 5.76 Å². The third-order valence-corrected chi connectivity index (χ3v) is 5.51. The van der Waals surface area contributed by atoms with E-state index in [0.29, 0.717) is 18.0 Å². The van der Waals surface area contributed by atoms with Gasteiger partial charge in [0, 0.05) is 12.1 Å². The van der Waals surface area contributed by atoms with Crippen LogP contribution in [0.2, 0.25) is 0 Å². The van der Waals surface area contributed by atoms with Crippen molar-refractivity contribution in [2.75, 3.05) is 27.2 Å². The molecular formula is C25H30N2O3. The summed E-state index contributed by atoms with van der Waals surface area (Å²) in [7, 11) is 3.96. The van der Waals surface area contributed by atoms with Gasteiger partial charge in [-0.2, -0.15) is 0 Å². The Balaban J connectivity index is 2.07. The van der Waals surface area contributed by atoms with Crippen molar-refractivity contribution in [3.63, 3.8) is 0 Å². The van der Waals surface area contributed by atoms with E-state index in [9.17, 15) is 14.7 Å². The molecule has 1 fully saturated rings. The molecule has 2 aromatic rings. The van der Waals surface area contributed by atoms with Gasteiger partial charge in [0.1, 0.15) is 5.76 Å². The highest BCUT2D eigenvalue weighted by molar-refractivity contribution is 6.46. The number of aliphatic hydroxyl groups is 1. The number of carbonyl (C=O) groups excluding carboxylic acids is 2. The van der Waals surface area contributed by atoms with Crippen molar-refractivity contribution in [3.8, 4) is 0 Å². The molecule has 1 unspecified atom stereocenters. The molecule has 30 heavy (non-hydrogen) atoms. The molecule has 3 rings (SSSR count). The van der Waals surface area contributed by atoms with E-state index in [4.69, 9.17) is 0 Å². The summed E-state index contributed by atoms with van der Waals surface area (Å²) in [6, 6.07) is 16.3. The summed E-state index contributed by atoms with van der Waals surface area (Å²) < 4.78 is 0. The number of hydrogen-bond acceptors (Lipinski definition) is 4. The van der Waals surface area contributed by atoms with Gasteiger partial charge in [-0.1, -0.05) is 68.4 Å². The van der Waals surface area contributed by atoms with Crippen molar-refractivity contribution in [1.82, 2.24) is 9.80 Å². The number of rotatable bonds is 7. The predicted octanol–water partition coefficient (Wildman–Crippen LogP) is 4.18. The Bertz CT molecular complexity index is 931. The predicted molar refractivity (Wildman–Crippen MR) is 119 cm³/mol. The maximum absolute atomic E-state index is 13.0. The molecule has 1 amide bonds. The molecule has 0 spiro atoms. The van der Waals surface area contributed by atoms with Crippen LogP contribution >= 0.6 is 0 Å². The van der Waals surface area contributed by atoms with Crippen molar-refractivity contribution >= 4 is 17.4 Å². The van der Waals surface area contributed by atoms with Crippen molar-refractivity contribution < 1.29 is 14.7 Å². The highest BCUT2D eigenvalue weighted by atomic mass is 16.3. The molecule has 1 N–H and O–H groups in total. The maximum atomic E-state index is 13.0. The minimum Gasteiger partial charge on any atom is -0.507 e. The molecule has 0 bridgehead atoms. The number of likely N-dealkylation sites (tertiary alicyclic amines) is 1. The fraction of sp³-hybridized carbons (Fsp3) is 0.360. The van der Waals surface area contributed by atoms with E-state index in [0.717, 1.165) is 18.5 Å². The summed E-state index contributed by atoms with van der Waals surface area (Å²) in [5, 5.41) is 11.0. The van der Waals surface area contributed by atoms with Gasteiger partial charge < -0.3 is 14.9 Å². The quantitative estimate of drug-likeness (QED) is 0.426. The lowest BCUT2D eigenvalue weighted by atomic mass is 9.93. The molecule has 1 heterocycles. The Morgan fingerprint density at radius 2 is 1.67 bits per heavy atom. The molecule has 0 aliphatic carbocycles. The Kier molecular flexibility index (Phi) is 6.73. The highest BCUT2D eigenvalue weighted by Gasteiger charge is 2.45. The summed E-state index contributed by atoms with van der Waals surface area (Å²) in [5.74, 6) is -0.917. The first-order valence-electron chi connectivity index (χ1n) is 10.4. The van der Waals surface area contributed by atoms with E-state index in [1.807, 2.05) is 49.3 Å². The average Bonchev–Trinajstić information content (AvgIpc) is 2.98. The van der Waals surface area contributed by atoms with Gasteiger partial charge in [0.15, 0.2) is 0 Å². The Labute approximate surface area is 178 Å². The molecule has 5 heteroatoms. The van der Waals surface area contributed by atoms with Crippen LogP contribution in [0.15, 0.2) is 60.2 Å². The van der Waals surface area contributed by atoms with E-state index in [1.165, 1.54) is 5.56 Å². The number of Topliss-reactive ketones (excluding diaryl/α,β-unsaturated/α-hetero) is 1. The molecule has 0 aromatic heterocycles. The zero-order valence-corrected chi connectivity index (χ0v) is 18.1. The largest absolute Gasteiger partial charge is 0.507 e. The van der Waals surface area contributed by atoms with Crippen LogP contribution < -0.4 is 0 Å². The molecule has 1 atom stereocenters. The normalized spacial score (nSPS) is 18.6. The van der Waals surface area contributed by atoms with Gasteiger partial charge in [0.05, 0.1) is 11.6 Å². The number of benzene rings is 2. The Hall–Kier alpha value is -2.92. The van der Waals surface area contributed by atoms with Crippen LogP contribution in [0.5, 0.6) is 0 Å². The second-order valence-corrected chi connectivity index (χ2v) is 8.34. The van der Waals surface area contributed by atoms with Crippen LogP contribution in [0.4, 0.5) is 0 Å². The number of carbonyl (C=O) groups is 2. The van der Waals surface area contributed by atoms with Gasteiger partial charge in [0.2, 0.25) is 0 Å². The molecule has 0 saturated carbocycles. The standard InChI is InChI=1S/C25H30N2O3/c1-17(2)18-11-13-19(14-12-18)22-21(23(28)20-9-6-5-7-10-20)24(29)25(30)27(22)16-8-15-26(3)4/h5-7,9-14,17,22,28H,8,15-16H2,1-4H3. The van der Waals surface area contributed by atoms with E-state index in [1.54, 1.807) is 29.2 Å². The average molecular weight is 407 g/mol. The summed E-state index contributed by atoms with van der Waals surface area (Å²) in [5.41, 5.74) is 2.72. The van der Waals surface area contributed by atoms with E-state index in [-0.39, 0.29) is 11.3 Å². The number of amides is 1. The minimum absolute atomic E-state index is 0.123. The van der Waals surface area contributed by atoms with E-state index in [2.05, 4.69) is 13.8 Å². The second kappa shape index (κ2) is 9.26. The molecular weight excluding hydrogens is 376 g/mol. The third kappa shape index (κ3) is 4.46. The van der Waals surface area contributed by atoms with E-state index >= 15 is 0 Å². The van der Waals surface area contributed by atoms with Crippen LogP contribution in [0, 0.1) is 0 Å². The summed E-state index contributed by atoms with van der Waals surface area (Å²) in [6.07, 6.45) is 0.742. The highest BCUT2D eigenvalue weighted by Crippen LogP contribution is 2.39. The van der Waals surface area contributed by atoms with Crippen LogP contribution in [-0.2, 0) is 9.59 Å². The van der Waals surface area contributed by atoms with Crippen LogP contribution in [-0.4, -0.2) is 53.8 Å². The summed E-state index contributed by atoms with van der Waals surface area (Å²) >= 11 is 0. The Morgan fingerprint density at radius 1 is 1.03 bits per heavy atom. The van der Waals surface area contributed by atoms with Gasteiger partial charge in [0.25, 0.3) is 11.7 Å². The van der Waals surface area contributed by atoms with Gasteiger partial charge >= 0.3 is 0 Å². The molecule has 1 saturated heterocycles. The fourth-order valence-electron chi connectivity index (χ4n) is 3.83. The zero-order chi connectivity index (χ0) is 21.8. The Morgan fingerprint density at radius 3 is 2.23 bits per heavy atom. The van der Waals surface area contributed by atoms with Gasteiger partial charge in [-0.15, -0.1) is 0 Å². The van der Waals surface area contributed by atoms with Crippen LogP contribution in [0.1, 0.15) is 48.9 Å². The molecule has 1 aliphatic heterocycles. The number of ketones is 1. The zero-order valence-electron chi connectivity index (χ0n) is 18.1. The third-order valence-electron chi connectivity index (χ3n) is 5.51. The minimum atomic E-state index is -0.626. The van der Waals surface area contributed by atoms with Crippen molar-refractivity contribution in [2.45, 2.75) is 32.2 Å². The van der Waals surface area contributed by atoms with Crippen molar-refractivity contribution in [2.24, 2.45) is 0 Å². The van der Waals surface area contributed by atoms with Crippen molar-refractivity contribution in [3.05, 3.63) is 76.9 Å². The second-order valence-electron chi connectivity index (χ2n) is 8.34. The molecule has 1 aliphatic rings. The fourth-order valence-corrected chi connectivity index (χ4v) is 3.83. The van der Waals surface area contributed by atoms with Gasteiger partial charge in [-0.3, -0.25) is 9.59 Å². The SMILES string of the molecule is CC(C)c1ccc(C2C(=C(O)c3ccccc3)C(=O)C(=O)N2CCCN(C)C)cc1. The first-order chi connectivity index (χ1) is 14.3. The number of hydrogen-bond donors (Lipinski definition) is 1. The number of nitrogens with zero attached hydrogens (tertiary/aromatic N) is 2. The first kappa shape index (κ1) is 21.8. The molecule has 2 aromatic carbocycles. The van der Waals surface area contributed by atoms with Crippen LogP contribution in [0.3, 0.4) is 0 Å². The first-order valence-corrected chi connectivity index (χ1v) is 10.4. The topological polar surface area (TPSA) is 60.9 Å². The lowest BCUT2D eigenvalue weighted by Crippen LogP contribution is -2.32. The van der Waals surface area contributed by atoms with Gasteiger partial charge in [-0.25, -0.2) is 0 Å². The summed E-state index contributed by atoms with van der Waals surface area (Å²) in [4.78, 5) is 29.5. The monoisotopic (exact) mass is 406 g/mol. The summed E-state index contributed by atoms with van der Waals surface area (Å²) in [6.45, 7) is 5.50. The number of aliphatic hydroxyl groups excluding tert-OH is 1.